The van der Waals surface area contributed by atoms with Crippen LogP contribution >= 0.6 is 0 Å². The van der Waals surface area contributed by atoms with Gasteiger partial charge in [0.1, 0.15) is 40.4 Å². The molecule has 0 radical (unpaired) electrons. The van der Waals surface area contributed by atoms with Crippen LogP contribution in [0.5, 0.6) is 0 Å². The molecule has 0 saturated carbocycles. The van der Waals surface area contributed by atoms with Crippen molar-refractivity contribution in [2.24, 2.45) is 0 Å². The first-order chi connectivity index (χ1) is 55.0. The fraction of sp³-hybridized carbons (Fsp3) is 0.200. The molecule has 0 N–H and O–H groups in total. The fourth-order valence-electron chi connectivity index (χ4n) is 21.2. The second-order valence-corrected chi connectivity index (χ2v) is 58.4. The van der Waals surface area contributed by atoms with Crippen LogP contribution in [0.15, 0.2) is 303 Å². The van der Waals surface area contributed by atoms with Gasteiger partial charge in [-0.1, -0.05) is 342 Å². The van der Waals surface area contributed by atoms with Crippen LogP contribution in [0.2, 0.25) is 65.5 Å². The molecule has 0 aromatic heterocycles. The number of para-hydroxylation sites is 5. The molecule has 572 valence electrons. The van der Waals surface area contributed by atoms with E-state index in [1.807, 2.05) is 0 Å². The summed E-state index contributed by atoms with van der Waals surface area (Å²) >= 11 is 0. The van der Waals surface area contributed by atoms with E-state index in [1.165, 1.54) is 149 Å². The van der Waals surface area contributed by atoms with E-state index in [9.17, 15) is 0 Å². The van der Waals surface area contributed by atoms with Crippen molar-refractivity contribution in [1.82, 2.24) is 0 Å². The smallest absolute Gasteiger partial charge is 0.118 e. The number of hydrogen-bond acceptors (Lipinski definition) is 5. The lowest BCUT2D eigenvalue weighted by atomic mass is 9.82. The largest absolute Gasteiger partial charge is 0.345 e. The second-order valence-electron chi connectivity index (χ2n) is 36.8. The van der Waals surface area contributed by atoms with E-state index >= 15 is 0 Å². The first-order valence-electron chi connectivity index (χ1n) is 41.3. The number of fused-ring (bicyclic) bond motifs is 21. The number of anilines is 10. The molecular formula is C105H107N5Si5. The van der Waals surface area contributed by atoms with Gasteiger partial charge >= 0.3 is 0 Å². The van der Waals surface area contributed by atoms with Crippen molar-refractivity contribution in [3.05, 3.63) is 326 Å². The summed E-state index contributed by atoms with van der Waals surface area (Å²) < 4.78 is 0. The summed E-state index contributed by atoms with van der Waals surface area (Å²) in [6.45, 7) is 34.3. The standard InChI is InChI=1S/2C24H25NSi.3C19H19NSi/c1-24(2)18-11-7-6-10-16(18)17-14-23-21(15-19(17)24)25(3)20-12-8-9-13-22(20)26(23,4)5;1-24(2)18-11-7-6-10-16(18)17-14-21-23(15-19(17)24)26(4,5)22-13-9-8-12-20(22)25(21)3;1-20-16-10-6-7-11-18(16)21(2,3)19-13-15-9-5-4-8-14(15)12-17(19)20;1-20-16-10-6-7-11-18(16)21(2,3)19-15-9-5-4-8-14(15)12-13-17(19)20;1-20-16-10-6-7-11-17(16)21(2,3)18-13-12-14-8-4-5-9-15(14)19(18)20/h2*6-15H,1-5H3;3*4-13H,1-3H3. The van der Waals surface area contributed by atoms with Gasteiger partial charge in [-0.2, -0.15) is 0 Å². The quantitative estimate of drug-likeness (QED) is 0.140. The van der Waals surface area contributed by atoms with Gasteiger partial charge in [-0.15, -0.1) is 0 Å². The van der Waals surface area contributed by atoms with Crippen molar-refractivity contribution in [2.45, 2.75) is 104 Å². The van der Waals surface area contributed by atoms with Gasteiger partial charge in [0.15, 0.2) is 0 Å². The molecule has 0 fully saturated rings. The monoisotopic (exact) mass is 1580 g/mol. The first-order valence-corrected chi connectivity index (χ1v) is 56.3. The zero-order valence-corrected chi connectivity index (χ0v) is 75.6. The fourth-order valence-corrected chi connectivity index (χ4v) is 37.0. The molecule has 0 amide bonds. The summed E-state index contributed by atoms with van der Waals surface area (Å²) in [5.41, 5.74) is 25.5. The highest BCUT2D eigenvalue weighted by Crippen LogP contribution is 2.53. The van der Waals surface area contributed by atoms with E-state index in [4.69, 9.17) is 0 Å². The van der Waals surface area contributed by atoms with Gasteiger partial charge in [0.05, 0.1) is 0 Å². The Morgan fingerprint density at radius 2 is 0.522 bits per heavy atom. The Hall–Kier alpha value is -10.8. The highest BCUT2D eigenvalue weighted by atomic mass is 28.3. The molecule has 0 spiro atoms. The topological polar surface area (TPSA) is 16.2 Å². The summed E-state index contributed by atoms with van der Waals surface area (Å²) in [6.07, 6.45) is 0. The molecule has 10 heteroatoms. The van der Waals surface area contributed by atoms with E-state index in [0.717, 1.165) is 0 Å². The predicted octanol–water partition coefficient (Wildman–Crippen LogP) is 21.0. The van der Waals surface area contributed by atoms with Crippen LogP contribution in [0, 0.1) is 0 Å². The molecule has 115 heavy (non-hydrogen) atoms. The highest BCUT2D eigenvalue weighted by molar-refractivity contribution is 7.05. The minimum absolute atomic E-state index is 0.0600. The Balaban J connectivity index is 0.000000100. The third-order valence-corrected chi connectivity index (χ3v) is 45.5. The minimum atomic E-state index is -1.73. The molecule has 0 saturated heterocycles. The van der Waals surface area contributed by atoms with Gasteiger partial charge in [-0.3, -0.25) is 0 Å². The third kappa shape index (κ3) is 11.6. The van der Waals surface area contributed by atoms with Crippen molar-refractivity contribution in [2.75, 3.05) is 59.7 Å². The highest BCUT2D eigenvalue weighted by Gasteiger charge is 2.46. The van der Waals surface area contributed by atoms with Crippen LogP contribution in [-0.2, 0) is 10.8 Å². The maximum Gasteiger partial charge on any atom is 0.118 e. The lowest BCUT2D eigenvalue weighted by molar-refractivity contribution is 0.660. The van der Waals surface area contributed by atoms with Gasteiger partial charge in [-0.25, -0.2) is 0 Å². The molecule has 0 bridgehead atoms. The van der Waals surface area contributed by atoms with E-state index in [0.29, 0.717) is 0 Å². The molecule has 0 unspecified atom stereocenters. The average Bonchev–Trinajstić information content (AvgIpc) is 1.57. The number of hydrogen-bond donors (Lipinski definition) is 0. The molecule has 15 aromatic carbocycles. The third-order valence-electron chi connectivity index (χ3n) is 27.9. The molecule has 22 rings (SSSR count). The Morgan fingerprint density at radius 3 is 1.02 bits per heavy atom. The van der Waals surface area contributed by atoms with Crippen molar-refractivity contribution in [3.8, 4) is 22.3 Å². The van der Waals surface area contributed by atoms with Crippen molar-refractivity contribution in [3.63, 3.8) is 0 Å². The molecule has 5 nitrogen and oxygen atoms in total. The lowest BCUT2D eigenvalue weighted by Crippen LogP contribution is -2.58. The zero-order chi connectivity index (χ0) is 80.4. The van der Waals surface area contributed by atoms with Crippen LogP contribution in [0.3, 0.4) is 0 Å². The zero-order valence-electron chi connectivity index (χ0n) is 70.6. The second kappa shape index (κ2) is 27.4. The van der Waals surface area contributed by atoms with Gasteiger partial charge in [-0.05, 0) is 178 Å². The maximum absolute atomic E-state index is 2.54. The minimum Gasteiger partial charge on any atom is -0.345 e. The van der Waals surface area contributed by atoms with Gasteiger partial charge in [0.25, 0.3) is 0 Å². The van der Waals surface area contributed by atoms with Crippen molar-refractivity contribution in [1.29, 1.82) is 0 Å². The molecule has 15 aromatic rings. The van der Waals surface area contributed by atoms with E-state index in [-0.39, 0.29) is 10.8 Å². The van der Waals surface area contributed by atoms with Crippen LogP contribution in [-0.4, -0.2) is 75.6 Å². The SMILES string of the molecule is CN1c2ccccc2[Si](C)(C)c2c1ccc1ccccc21.CN1c2ccccc2[Si](C)(C)c2cc3c(cc21)-c1ccccc1C3(C)C.CN1c2ccccc2[Si](C)(C)c2cc3c(cc21)C(C)(C)c1ccccc1-3.CN1c2ccccc2[Si](C)(C)c2cc3ccccc3cc21.CN1c2ccccc2[Si](C)(C)c2ccc3ccccc3c21. The van der Waals surface area contributed by atoms with Gasteiger partial charge in [0, 0.05) is 108 Å². The first kappa shape index (κ1) is 75.5. The Kier molecular flexibility index (Phi) is 18.0. The summed E-state index contributed by atoms with van der Waals surface area (Å²) in [5, 5.41) is 23.6. The Labute approximate surface area is 687 Å². The van der Waals surface area contributed by atoms with Crippen LogP contribution in [0.25, 0.3) is 54.6 Å². The molecular weight excluding hydrogens is 1470 g/mol. The predicted molar refractivity (Wildman–Crippen MR) is 516 cm³/mol. The van der Waals surface area contributed by atoms with E-state index in [1.54, 1.807) is 36.3 Å². The molecule has 5 aliphatic heterocycles. The van der Waals surface area contributed by atoms with Crippen LogP contribution < -0.4 is 76.4 Å². The Morgan fingerprint density at radius 1 is 0.200 bits per heavy atom. The van der Waals surface area contributed by atoms with Crippen molar-refractivity contribution < 1.29 is 0 Å². The average molecular weight is 1580 g/mol. The molecule has 5 heterocycles. The maximum atomic E-state index is 2.54. The number of benzene rings is 15. The van der Waals surface area contributed by atoms with Gasteiger partial charge in [0.2, 0.25) is 0 Å². The van der Waals surface area contributed by atoms with Gasteiger partial charge < -0.3 is 24.5 Å². The molecule has 2 aliphatic carbocycles. The van der Waals surface area contributed by atoms with Crippen molar-refractivity contribution >= 4 is 181 Å². The Bertz CT molecular complexity index is 6430. The molecule has 7 aliphatic rings. The summed E-state index contributed by atoms with van der Waals surface area (Å²) in [6, 6.07) is 113. The summed E-state index contributed by atoms with van der Waals surface area (Å²) in [5.74, 6) is 0. The summed E-state index contributed by atoms with van der Waals surface area (Å²) in [7, 11) is 2.64. The van der Waals surface area contributed by atoms with Crippen LogP contribution in [0.4, 0.5) is 56.9 Å². The van der Waals surface area contributed by atoms with E-state index < -0.39 is 40.4 Å². The van der Waals surface area contributed by atoms with Crippen LogP contribution in [0.1, 0.15) is 49.9 Å². The number of rotatable bonds is 0. The normalized spacial score (nSPS) is 16.7. The lowest BCUT2D eigenvalue weighted by Gasteiger charge is -2.40. The van der Waals surface area contributed by atoms with E-state index in [2.05, 4.69) is 456 Å². The molecule has 0 atom stereocenters. The summed E-state index contributed by atoms with van der Waals surface area (Å²) in [4.78, 5) is 11.9. The number of nitrogens with zero attached hydrogens (tertiary/aromatic N) is 5.